The summed E-state index contributed by atoms with van der Waals surface area (Å²) in [5.74, 6) is 0.383. The maximum absolute atomic E-state index is 13.6. The zero-order valence-electron chi connectivity index (χ0n) is 22.7. The molecule has 0 fully saturated rings. The largest absolute Gasteiger partial charge is 0.497 e. The van der Waals surface area contributed by atoms with Crippen LogP contribution in [0.1, 0.15) is 48.9 Å². The topological polar surface area (TPSA) is 111 Å². The minimum absolute atomic E-state index is 0.0474. The first-order valence-electron chi connectivity index (χ1n) is 12.6. The molecule has 9 heteroatoms. The number of carbonyl (C=O) groups excluding carboxylic acids is 1. The van der Waals surface area contributed by atoms with Gasteiger partial charge in [0.15, 0.2) is 11.5 Å². The van der Waals surface area contributed by atoms with E-state index in [2.05, 4.69) is 10.3 Å². The van der Waals surface area contributed by atoms with E-state index in [0.717, 1.165) is 5.56 Å². The van der Waals surface area contributed by atoms with E-state index < -0.39 is 17.4 Å². The number of aromatic hydroxyl groups is 1. The molecule has 2 aromatic carbocycles. The van der Waals surface area contributed by atoms with Crippen LogP contribution in [0.5, 0.6) is 23.1 Å². The Balaban J connectivity index is 1.72. The first kappa shape index (κ1) is 27.5. The summed E-state index contributed by atoms with van der Waals surface area (Å²) < 4.78 is 17.4. The molecule has 0 radical (unpaired) electrons. The number of fused-ring (bicyclic) bond motifs is 1. The lowest BCUT2D eigenvalue weighted by Gasteiger charge is -2.25. The molecule has 0 aliphatic carbocycles. The molecule has 9 nitrogen and oxygen atoms in total. The summed E-state index contributed by atoms with van der Waals surface area (Å²) in [5.41, 5.74) is 1.45. The summed E-state index contributed by atoms with van der Waals surface area (Å²) in [6.07, 6.45) is 1.50. The summed E-state index contributed by atoms with van der Waals surface area (Å²) in [4.78, 5) is 31.3. The Kier molecular flexibility index (Phi) is 8.39. The van der Waals surface area contributed by atoms with E-state index in [9.17, 15) is 14.7 Å². The summed E-state index contributed by atoms with van der Waals surface area (Å²) in [5, 5.41) is 14.0. The van der Waals surface area contributed by atoms with Gasteiger partial charge in [0.25, 0.3) is 5.56 Å². The molecule has 2 N–H and O–H groups in total. The van der Waals surface area contributed by atoms with E-state index in [0.29, 0.717) is 28.5 Å². The average molecular weight is 532 g/mol. The minimum Gasteiger partial charge on any atom is -0.497 e. The van der Waals surface area contributed by atoms with Gasteiger partial charge in [0.2, 0.25) is 11.8 Å². The first-order valence-corrected chi connectivity index (χ1v) is 12.6. The van der Waals surface area contributed by atoms with Crippen LogP contribution in [-0.4, -0.2) is 41.7 Å². The molecular weight excluding hydrogens is 498 g/mol. The van der Waals surface area contributed by atoms with E-state index in [4.69, 9.17) is 14.2 Å². The van der Waals surface area contributed by atoms with Crippen molar-refractivity contribution in [3.8, 4) is 23.1 Å². The standard InChI is InChI=1S/C30H33N3O6/c1-18(2)28(20-11-14-23(38-4)24(16-20)39-5)32-26(34)17-22(19-9-12-21(37-3)13-10-19)27-29(35)31-25-8-6-7-15-33(25)30(27)36/h6-16,18,22,28,35H,17H2,1-5H3,(H,32,34). The van der Waals surface area contributed by atoms with Gasteiger partial charge in [0.05, 0.1) is 32.9 Å². The molecule has 4 aromatic rings. The van der Waals surface area contributed by atoms with Crippen LogP contribution in [0.25, 0.3) is 5.65 Å². The number of pyridine rings is 1. The molecule has 2 atom stereocenters. The van der Waals surface area contributed by atoms with Gasteiger partial charge in [0, 0.05) is 18.5 Å². The van der Waals surface area contributed by atoms with Gasteiger partial charge >= 0.3 is 0 Å². The number of hydrogen-bond acceptors (Lipinski definition) is 7. The Labute approximate surface area is 227 Å². The van der Waals surface area contributed by atoms with Crippen LogP contribution in [0.2, 0.25) is 0 Å². The lowest BCUT2D eigenvalue weighted by Crippen LogP contribution is -2.34. The molecule has 0 aliphatic rings. The Morgan fingerprint density at radius 2 is 1.64 bits per heavy atom. The van der Waals surface area contributed by atoms with E-state index in [-0.39, 0.29) is 29.9 Å². The number of rotatable bonds is 10. The van der Waals surface area contributed by atoms with Crippen molar-refractivity contribution in [2.75, 3.05) is 21.3 Å². The molecular formula is C30H33N3O6. The molecule has 0 saturated heterocycles. The van der Waals surface area contributed by atoms with E-state index in [1.807, 2.05) is 26.0 Å². The summed E-state index contributed by atoms with van der Waals surface area (Å²) >= 11 is 0. The van der Waals surface area contributed by atoms with Crippen molar-refractivity contribution in [1.82, 2.24) is 14.7 Å². The molecule has 0 aliphatic heterocycles. The third-order valence-corrected chi connectivity index (χ3v) is 6.75. The highest BCUT2D eigenvalue weighted by Gasteiger charge is 2.28. The van der Waals surface area contributed by atoms with Gasteiger partial charge in [-0.3, -0.25) is 14.0 Å². The van der Waals surface area contributed by atoms with Gasteiger partial charge in [-0.2, -0.15) is 4.98 Å². The smallest absolute Gasteiger partial charge is 0.265 e. The number of methoxy groups -OCH3 is 3. The third-order valence-electron chi connectivity index (χ3n) is 6.75. The number of ether oxygens (including phenoxy) is 3. The van der Waals surface area contributed by atoms with Crippen LogP contribution in [0.3, 0.4) is 0 Å². The summed E-state index contributed by atoms with van der Waals surface area (Å²) in [7, 11) is 4.69. The number of carbonyl (C=O) groups is 1. The second-order valence-corrected chi connectivity index (χ2v) is 9.52. The highest BCUT2D eigenvalue weighted by Crippen LogP contribution is 2.34. The normalized spacial score (nSPS) is 12.7. The summed E-state index contributed by atoms with van der Waals surface area (Å²) in [6.45, 7) is 4.02. The monoisotopic (exact) mass is 531 g/mol. The molecule has 204 valence electrons. The molecule has 4 rings (SSSR count). The highest BCUT2D eigenvalue weighted by atomic mass is 16.5. The predicted molar refractivity (Wildman–Crippen MR) is 148 cm³/mol. The summed E-state index contributed by atoms with van der Waals surface area (Å²) in [6, 6.07) is 17.3. The number of benzene rings is 2. The fraction of sp³-hybridized carbons (Fsp3) is 0.300. The van der Waals surface area contributed by atoms with Crippen molar-refractivity contribution in [3.05, 3.63) is 93.9 Å². The number of aromatic nitrogens is 2. The Morgan fingerprint density at radius 1 is 0.949 bits per heavy atom. The zero-order valence-corrected chi connectivity index (χ0v) is 22.7. The van der Waals surface area contributed by atoms with E-state index in [1.165, 1.54) is 4.40 Å². The van der Waals surface area contributed by atoms with Crippen molar-refractivity contribution < 1.29 is 24.1 Å². The van der Waals surface area contributed by atoms with E-state index >= 15 is 0 Å². The molecule has 0 saturated carbocycles. The van der Waals surface area contributed by atoms with Crippen LogP contribution in [0.4, 0.5) is 0 Å². The van der Waals surface area contributed by atoms with Gasteiger partial charge in [-0.05, 0) is 53.4 Å². The SMILES string of the molecule is COc1ccc(C(CC(=O)NC(c2ccc(OC)c(OC)c2)C(C)C)c2c(O)nc3ccccn3c2=O)cc1. The van der Waals surface area contributed by atoms with Crippen LogP contribution in [0, 0.1) is 5.92 Å². The Hall–Kier alpha value is -4.53. The zero-order chi connectivity index (χ0) is 28.1. The second-order valence-electron chi connectivity index (χ2n) is 9.52. The minimum atomic E-state index is -0.758. The van der Waals surface area contributed by atoms with Crippen LogP contribution in [0.15, 0.2) is 71.7 Å². The van der Waals surface area contributed by atoms with Gasteiger partial charge < -0.3 is 24.6 Å². The van der Waals surface area contributed by atoms with Crippen LogP contribution in [-0.2, 0) is 4.79 Å². The lowest BCUT2D eigenvalue weighted by molar-refractivity contribution is -0.122. The van der Waals surface area contributed by atoms with Crippen molar-refractivity contribution >= 4 is 11.6 Å². The molecule has 2 unspecified atom stereocenters. The Bertz CT molecular complexity index is 1510. The number of hydrogen-bond donors (Lipinski definition) is 2. The number of nitrogens with one attached hydrogen (secondary N) is 1. The van der Waals surface area contributed by atoms with Gasteiger partial charge in [-0.15, -0.1) is 0 Å². The second kappa shape index (κ2) is 11.9. The predicted octanol–water partition coefficient (Wildman–Crippen LogP) is 4.46. The molecule has 2 aromatic heterocycles. The van der Waals surface area contributed by atoms with Crippen molar-refractivity contribution in [3.63, 3.8) is 0 Å². The van der Waals surface area contributed by atoms with Gasteiger partial charge in [0.1, 0.15) is 11.4 Å². The molecule has 2 heterocycles. The fourth-order valence-electron chi connectivity index (χ4n) is 4.72. The van der Waals surface area contributed by atoms with Crippen molar-refractivity contribution in [1.29, 1.82) is 0 Å². The molecule has 0 bridgehead atoms. The van der Waals surface area contributed by atoms with Gasteiger partial charge in [-0.1, -0.05) is 38.1 Å². The highest BCUT2D eigenvalue weighted by molar-refractivity contribution is 5.78. The fourth-order valence-corrected chi connectivity index (χ4v) is 4.72. The molecule has 39 heavy (non-hydrogen) atoms. The Morgan fingerprint density at radius 3 is 2.28 bits per heavy atom. The van der Waals surface area contributed by atoms with Crippen molar-refractivity contribution in [2.24, 2.45) is 5.92 Å². The quantitative estimate of drug-likeness (QED) is 0.311. The number of nitrogens with zero attached hydrogens (tertiary/aromatic N) is 2. The maximum Gasteiger partial charge on any atom is 0.265 e. The van der Waals surface area contributed by atoms with Crippen LogP contribution < -0.4 is 25.1 Å². The van der Waals surface area contributed by atoms with Crippen molar-refractivity contribution in [2.45, 2.75) is 32.2 Å². The maximum atomic E-state index is 13.6. The number of amides is 1. The molecule has 0 spiro atoms. The lowest BCUT2D eigenvalue weighted by atomic mass is 9.88. The van der Waals surface area contributed by atoms with Gasteiger partial charge in [-0.25, -0.2) is 0 Å². The third kappa shape index (κ3) is 5.82. The first-order chi connectivity index (χ1) is 18.8. The molecule has 1 amide bonds. The average Bonchev–Trinajstić information content (AvgIpc) is 2.95. The van der Waals surface area contributed by atoms with Crippen LogP contribution >= 0.6 is 0 Å². The van der Waals surface area contributed by atoms with E-state index in [1.54, 1.807) is 76.1 Å².